The van der Waals surface area contributed by atoms with Crippen molar-refractivity contribution in [1.82, 2.24) is 10.9 Å². The molecular formula is C33H33N3O7. The number of hydrogen-bond donors (Lipinski definition) is 2. The Balaban J connectivity index is 1.58. The van der Waals surface area contributed by atoms with Gasteiger partial charge in [-0.2, -0.15) is 0 Å². The van der Waals surface area contributed by atoms with E-state index in [0.29, 0.717) is 39.8 Å². The highest BCUT2D eigenvalue weighted by molar-refractivity contribution is 6.07. The van der Waals surface area contributed by atoms with Crippen molar-refractivity contribution in [2.75, 3.05) is 33.3 Å². The number of anilines is 1. The molecule has 4 rings (SSSR count). The fraction of sp³-hybridized carbons (Fsp3) is 0.182. The maximum atomic E-state index is 13.9. The van der Waals surface area contributed by atoms with Gasteiger partial charge in [-0.1, -0.05) is 29.8 Å². The van der Waals surface area contributed by atoms with E-state index in [2.05, 4.69) is 10.9 Å². The molecule has 3 amide bonds. The predicted molar refractivity (Wildman–Crippen MR) is 162 cm³/mol. The van der Waals surface area contributed by atoms with Gasteiger partial charge in [0.05, 0.1) is 40.7 Å². The van der Waals surface area contributed by atoms with Gasteiger partial charge in [-0.15, -0.1) is 0 Å². The first-order valence-electron chi connectivity index (χ1n) is 13.3. The number of amides is 3. The van der Waals surface area contributed by atoms with Gasteiger partial charge in [-0.25, -0.2) is 0 Å². The Morgan fingerprint density at radius 1 is 0.628 bits per heavy atom. The van der Waals surface area contributed by atoms with Gasteiger partial charge in [-0.05, 0) is 61.0 Å². The summed E-state index contributed by atoms with van der Waals surface area (Å²) in [6.07, 6.45) is 0. The molecule has 0 unspecified atom stereocenters. The van der Waals surface area contributed by atoms with Crippen LogP contribution in [0, 0.1) is 6.92 Å². The van der Waals surface area contributed by atoms with Crippen LogP contribution in [0.25, 0.3) is 0 Å². The maximum absolute atomic E-state index is 13.9. The summed E-state index contributed by atoms with van der Waals surface area (Å²) in [5.74, 6) is 0.575. The van der Waals surface area contributed by atoms with E-state index < -0.39 is 11.8 Å². The first kappa shape index (κ1) is 30.4. The molecule has 0 aliphatic heterocycles. The molecule has 10 nitrogen and oxygen atoms in total. The van der Waals surface area contributed by atoms with Crippen LogP contribution >= 0.6 is 0 Å². The summed E-state index contributed by atoms with van der Waals surface area (Å²) in [7, 11) is 6.10. The third-order valence-electron chi connectivity index (χ3n) is 6.70. The van der Waals surface area contributed by atoms with Crippen LogP contribution in [0.1, 0.15) is 42.2 Å². The average Bonchev–Trinajstić information content (AvgIpc) is 3.05. The van der Waals surface area contributed by atoms with E-state index in [0.717, 1.165) is 11.1 Å². The summed E-state index contributed by atoms with van der Waals surface area (Å²) in [4.78, 5) is 40.6. The number of benzene rings is 4. The summed E-state index contributed by atoms with van der Waals surface area (Å²) in [6.45, 7) is 2.13. The second-order valence-corrected chi connectivity index (χ2v) is 9.47. The lowest BCUT2D eigenvalue weighted by Gasteiger charge is -2.25. The van der Waals surface area contributed by atoms with Crippen LogP contribution in [0.4, 0.5) is 5.69 Å². The minimum atomic E-state index is -0.529. The van der Waals surface area contributed by atoms with Crippen molar-refractivity contribution in [1.29, 1.82) is 0 Å². The first-order chi connectivity index (χ1) is 20.8. The van der Waals surface area contributed by atoms with Crippen LogP contribution in [0.2, 0.25) is 0 Å². The van der Waals surface area contributed by atoms with Crippen LogP contribution in [-0.4, -0.2) is 46.2 Å². The van der Waals surface area contributed by atoms with Crippen molar-refractivity contribution in [3.63, 3.8) is 0 Å². The average molecular weight is 584 g/mol. The zero-order valence-corrected chi connectivity index (χ0v) is 24.6. The number of rotatable bonds is 10. The number of hydrogen-bond acceptors (Lipinski definition) is 7. The molecule has 0 bridgehead atoms. The van der Waals surface area contributed by atoms with Gasteiger partial charge in [0.1, 0.15) is 5.75 Å². The van der Waals surface area contributed by atoms with Crippen LogP contribution in [0.3, 0.4) is 0 Å². The lowest BCUT2D eigenvalue weighted by molar-refractivity contribution is 0.0846. The molecule has 0 saturated carbocycles. The third-order valence-corrected chi connectivity index (χ3v) is 6.70. The Hall–Kier alpha value is -5.51. The van der Waals surface area contributed by atoms with E-state index in [4.69, 9.17) is 18.9 Å². The summed E-state index contributed by atoms with van der Waals surface area (Å²) in [5, 5.41) is 0. The van der Waals surface area contributed by atoms with Crippen molar-refractivity contribution in [2.45, 2.75) is 13.5 Å². The standard InChI is InChI=1S/C33H33N3O7/c1-21-6-10-23(11-7-21)31(37)34-35-32(38)24-12-14-25(15-13-24)33(39)36(20-22-8-16-27(40-2)17-9-22)26-18-28(41-3)30(43-5)29(19-26)42-4/h6-19H,20H2,1-5H3,(H,34,37)(H,35,38). The Kier molecular flexibility index (Phi) is 9.85. The van der Waals surface area contributed by atoms with Crippen LogP contribution in [0.5, 0.6) is 23.0 Å². The SMILES string of the molecule is COc1ccc(CN(C(=O)c2ccc(C(=O)NNC(=O)c3ccc(C)cc3)cc2)c2cc(OC)c(OC)c(OC)c2)cc1. The highest BCUT2D eigenvalue weighted by atomic mass is 16.5. The van der Waals surface area contributed by atoms with E-state index in [1.165, 1.54) is 33.5 Å². The quantitative estimate of drug-likeness (QED) is 0.254. The monoisotopic (exact) mass is 583 g/mol. The van der Waals surface area contributed by atoms with Gasteiger partial charge in [0.2, 0.25) is 5.75 Å². The Bertz CT molecular complexity index is 1560. The lowest BCUT2D eigenvalue weighted by Crippen LogP contribution is -2.41. The summed E-state index contributed by atoms with van der Waals surface area (Å²) < 4.78 is 21.8. The summed E-state index contributed by atoms with van der Waals surface area (Å²) in [6, 6.07) is 23.9. The van der Waals surface area contributed by atoms with E-state index >= 15 is 0 Å². The highest BCUT2D eigenvalue weighted by Gasteiger charge is 2.23. The zero-order chi connectivity index (χ0) is 30.9. The fourth-order valence-electron chi connectivity index (χ4n) is 4.30. The molecule has 10 heteroatoms. The molecule has 222 valence electrons. The summed E-state index contributed by atoms with van der Waals surface area (Å²) >= 11 is 0. The van der Waals surface area contributed by atoms with E-state index in [1.807, 2.05) is 43.3 Å². The number of ether oxygens (including phenoxy) is 4. The minimum absolute atomic E-state index is 0.217. The van der Waals surface area contributed by atoms with Crippen molar-refractivity contribution >= 4 is 23.4 Å². The molecule has 0 fully saturated rings. The van der Waals surface area contributed by atoms with Crippen molar-refractivity contribution in [2.24, 2.45) is 0 Å². The molecule has 0 saturated heterocycles. The van der Waals surface area contributed by atoms with Gasteiger partial charge >= 0.3 is 0 Å². The molecule has 4 aromatic rings. The minimum Gasteiger partial charge on any atom is -0.497 e. The number of nitrogens with zero attached hydrogens (tertiary/aromatic N) is 1. The summed E-state index contributed by atoms with van der Waals surface area (Å²) in [5.41, 5.74) is 8.19. The van der Waals surface area contributed by atoms with Crippen molar-refractivity contribution < 1.29 is 33.3 Å². The molecule has 4 aromatic carbocycles. The zero-order valence-electron chi connectivity index (χ0n) is 24.6. The molecule has 0 aromatic heterocycles. The third kappa shape index (κ3) is 7.23. The number of carbonyl (C=O) groups excluding carboxylic acids is 3. The number of carbonyl (C=O) groups is 3. The van der Waals surface area contributed by atoms with E-state index in [-0.39, 0.29) is 18.0 Å². The fourth-order valence-corrected chi connectivity index (χ4v) is 4.30. The van der Waals surface area contributed by atoms with Gasteiger partial charge in [0, 0.05) is 28.8 Å². The smallest absolute Gasteiger partial charge is 0.269 e. The van der Waals surface area contributed by atoms with Gasteiger partial charge in [-0.3, -0.25) is 25.2 Å². The molecule has 0 aliphatic rings. The molecule has 0 atom stereocenters. The Morgan fingerprint density at radius 3 is 1.58 bits per heavy atom. The maximum Gasteiger partial charge on any atom is 0.269 e. The Morgan fingerprint density at radius 2 is 1.12 bits per heavy atom. The van der Waals surface area contributed by atoms with E-state index in [1.54, 1.807) is 48.4 Å². The molecule has 0 spiro atoms. The number of hydrazine groups is 1. The highest BCUT2D eigenvalue weighted by Crippen LogP contribution is 2.41. The van der Waals surface area contributed by atoms with Crippen LogP contribution < -0.4 is 34.7 Å². The van der Waals surface area contributed by atoms with Gasteiger partial charge in [0.25, 0.3) is 17.7 Å². The molecule has 0 heterocycles. The molecule has 43 heavy (non-hydrogen) atoms. The predicted octanol–water partition coefficient (Wildman–Crippen LogP) is 4.95. The molecular weight excluding hydrogens is 550 g/mol. The molecule has 0 aliphatic carbocycles. The second kappa shape index (κ2) is 13.9. The lowest BCUT2D eigenvalue weighted by atomic mass is 10.1. The van der Waals surface area contributed by atoms with Crippen LogP contribution in [0.15, 0.2) is 84.9 Å². The van der Waals surface area contributed by atoms with Crippen LogP contribution in [-0.2, 0) is 6.54 Å². The van der Waals surface area contributed by atoms with Gasteiger partial charge in [0.15, 0.2) is 11.5 Å². The number of methoxy groups -OCH3 is 4. The number of aryl methyl sites for hydroxylation is 1. The normalized spacial score (nSPS) is 10.3. The Labute approximate surface area is 250 Å². The second-order valence-electron chi connectivity index (χ2n) is 9.47. The topological polar surface area (TPSA) is 115 Å². The van der Waals surface area contributed by atoms with E-state index in [9.17, 15) is 14.4 Å². The van der Waals surface area contributed by atoms with Crippen molar-refractivity contribution in [3.05, 3.63) is 113 Å². The number of nitrogens with one attached hydrogen (secondary N) is 2. The van der Waals surface area contributed by atoms with Gasteiger partial charge < -0.3 is 23.8 Å². The van der Waals surface area contributed by atoms with Crippen molar-refractivity contribution in [3.8, 4) is 23.0 Å². The molecule has 2 N–H and O–H groups in total. The molecule has 0 radical (unpaired) electrons. The largest absolute Gasteiger partial charge is 0.497 e. The first-order valence-corrected chi connectivity index (χ1v) is 13.3.